The molecule has 0 aliphatic rings. The average molecular weight is 414 g/mol. The lowest BCUT2D eigenvalue weighted by molar-refractivity contribution is -0.343. The molecule has 0 aliphatic heterocycles. The van der Waals surface area contributed by atoms with Gasteiger partial charge in [0.25, 0.3) is 0 Å². The number of amides is 1. The van der Waals surface area contributed by atoms with E-state index in [-0.39, 0.29) is 4.47 Å². The lowest BCUT2D eigenvalue weighted by Crippen LogP contribution is -2.57. The van der Waals surface area contributed by atoms with Crippen molar-refractivity contribution in [1.29, 1.82) is 0 Å². The summed E-state index contributed by atoms with van der Waals surface area (Å²) < 4.78 is 87.2. The van der Waals surface area contributed by atoms with Gasteiger partial charge in [-0.1, -0.05) is 0 Å². The molecule has 0 spiro atoms. The summed E-state index contributed by atoms with van der Waals surface area (Å²) in [5.74, 6) is -15.6. The quantitative estimate of drug-likeness (QED) is 0.579. The molecular weight excluding hydrogens is 409 g/mol. The van der Waals surface area contributed by atoms with E-state index in [1.807, 2.05) is 0 Å². The van der Waals surface area contributed by atoms with Gasteiger partial charge in [-0.3, -0.25) is 10.0 Å². The van der Waals surface area contributed by atoms with E-state index in [0.717, 1.165) is 18.2 Å². The number of rotatable bonds is 4. The first kappa shape index (κ1) is 19.4. The molecule has 1 amide bonds. The zero-order chi connectivity index (χ0) is 18.2. The number of hydrogen-bond acceptors (Lipinski definition) is 4. The lowest BCUT2D eigenvalue weighted by atomic mass is 10.1. The molecule has 0 aromatic heterocycles. The summed E-state index contributed by atoms with van der Waals surface area (Å²) in [5.41, 5.74) is -1.06. The van der Waals surface area contributed by atoms with Crippen molar-refractivity contribution < 1.29 is 40.7 Å². The van der Waals surface area contributed by atoms with Gasteiger partial charge in [-0.15, -0.1) is 0 Å². The molecule has 0 atom stereocenters. The third kappa shape index (κ3) is 3.67. The zero-order valence-corrected chi connectivity index (χ0v) is 12.1. The third-order valence-electron chi connectivity index (χ3n) is 2.46. The van der Waals surface area contributed by atoms with Crippen molar-refractivity contribution in [3.05, 3.63) is 27.9 Å². The van der Waals surface area contributed by atoms with Crippen molar-refractivity contribution in [2.24, 2.45) is 0 Å². The lowest BCUT2D eigenvalue weighted by Gasteiger charge is -2.27. The van der Waals surface area contributed by atoms with E-state index in [9.17, 15) is 40.7 Å². The fraction of sp³-hybridized carbons (Fsp3) is 0.300. The SMILES string of the molecule is O=C(Nc1ccc(N([O-])O)cc1Br)C(F)(F)C(F)(F)C(F)(F)F. The number of nitrogens with one attached hydrogen (secondary N) is 1. The fourth-order valence-electron chi connectivity index (χ4n) is 1.25. The van der Waals surface area contributed by atoms with Crippen LogP contribution in [0.5, 0.6) is 0 Å². The second-order valence-electron chi connectivity index (χ2n) is 4.04. The number of hydrogen-bond donors (Lipinski definition) is 2. The summed E-state index contributed by atoms with van der Waals surface area (Å²) in [6.45, 7) is 0. The highest BCUT2D eigenvalue weighted by molar-refractivity contribution is 9.10. The first-order valence-electron chi connectivity index (χ1n) is 5.31. The largest absolute Gasteiger partial charge is 0.733 e. The minimum Gasteiger partial charge on any atom is -0.733 e. The maximum atomic E-state index is 13.1. The van der Waals surface area contributed by atoms with Gasteiger partial charge in [-0.2, -0.15) is 30.7 Å². The fourth-order valence-corrected chi connectivity index (χ4v) is 1.71. The smallest absolute Gasteiger partial charge is 0.460 e. The molecule has 0 saturated heterocycles. The van der Waals surface area contributed by atoms with Crippen LogP contribution in [0.4, 0.5) is 42.1 Å². The molecule has 0 fully saturated rings. The molecule has 2 N–H and O–H groups in total. The van der Waals surface area contributed by atoms with Crippen LogP contribution in [-0.4, -0.2) is 29.1 Å². The van der Waals surface area contributed by atoms with Crippen LogP contribution < -0.4 is 10.5 Å². The van der Waals surface area contributed by atoms with Gasteiger partial charge in [0.2, 0.25) is 0 Å². The summed E-state index contributed by atoms with van der Waals surface area (Å²) in [6, 6.07) is 2.30. The van der Waals surface area contributed by atoms with Gasteiger partial charge in [0.1, 0.15) is 0 Å². The number of halogens is 8. The van der Waals surface area contributed by atoms with Gasteiger partial charge in [-0.25, -0.2) is 0 Å². The maximum Gasteiger partial charge on any atom is 0.460 e. The highest BCUT2D eigenvalue weighted by Crippen LogP contribution is 2.47. The Morgan fingerprint density at radius 3 is 2.09 bits per heavy atom. The standard InChI is InChI=1S/C10H5BrF7N2O3/c11-5-3-4(20(22)23)1-2-6(5)19-7(21)8(12,13)9(14,15)10(16,17)18/h1-3,22H,(H,19,21)/q-1. The summed E-state index contributed by atoms with van der Waals surface area (Å²) in [5, 5.41) is 19.7. The molecule has 1 aromatic carbocycles. The minimum atomic E-state index is -6.64. The normalized spacial score (nSPS) is 13.0. The molecule has 13 heteroatoms. The Morgan fingerprint density at radius 1 is 1.17 bits per heavy atom. The van der Waals surface area contributed by atoms with Gasteiger partial charge in [-0.05, 0) is 34.1 Å². The van der Waals surface area contributed by atoms with E-state index in [2.05, 4.69) is 15.9 Å². The number of alkyl halides is 7. The highest BCUT2D eigenvalue weighted by Gasteiger charge is 2.76. The van der Waals surface area contributed by atoms with Crippen LogP contribution in [0.3, 0.4) is 0 Å². The van der Waals surface area contributed by atoms with Crippen molar-refractivity contribution in [1.82, 2.24) is 0 Å². The van der Waals surface area contributed by atoms with E-state index in [0.29, 0.717) is 0 Å². The molecule has 0 heterocycles. The van der Waals surface area contributed by atoms with Crippen LogP contribution in [0, 0.1) is 5.21 Å². The molecular formula is C10H5BrF7N2O3-. The van der Waals surface area contributed by atoms with Crippen LogP contribution in [0.1, 0.15) is 0 Å². The van der Waals surface area contributed by atoms with Gasteiger partial charge in [0.15, 0.2) is 0 Å². The molecule has 23 heavy (non-hydrogen) atoms. The molecule has 0 unspecified atom stereocenters. The van der Waals surface area contributed by atoms with Crippen molar-refractivity contribution >= 4 is 33.2 Å². The third-order valence-corrected chi connectivity index (χ3v) is 3.11. The number of nitrogens with zero attached hydrogens (tertiary/aromatic N) is 1. The van der Waals surface area contributed by atoms with Gasteiger partial charge in [0.05, 0.1) is 11.4 Å². The summed E-state index contributed by atoms with van der Waals surface area (Å²) >= 11 is 2.65. The molecule has 0 aliphatic carbocycles. The Morgan fingerprint density at radius 2 is 1.70 bits per heavy atom. The van der Waals surface area contributed by atoms with E-state index < -0.39 is 40.5 Å². The molecule has 1 aromatic rings. The Labute approximate surface area is 131 Å². The first-order valence-corrected chi connectivity index (χ1v) is 6.10. The molecule has 1 rings (SSSR count). The Kier molecular flexibility index (Phi) is 5.18. The van der Waals surface area contributed by atoms with Crippen molar-refractivity contribution in [2.45, 2.75) is 18.0 Å². The minimum absolute atomic E-state index is 0.329. The highest BCUT2D eigenvalue weighted by atomic mass is 79.9. The maximum absolute atomic E-state index is 13.1. The molecule has 0 radical (unpaired) electrons. The second kappa shape index (κ2) is 6.13. The van der Waals surface area contributed by atoms with Crippen LogP contribution in [-0.2, 0) is 4.79 Å². The van der Waals surface area contributed by atoms with Crippen LogP contribution in [0.2, 0.25) is 0 Å². The van der Waals surface area contributed by atoms with Crippen molar-refractivity contribution in [2.75, 3.05) is 10.5 Å². The topological polar surface area (TPSA) is 75.6 Å². The molecule has 0 saturated carbocycles. The van der Waals surface area contributed by atoms with E-state index in [4.69, 9.17) is 5.21 Å². The van der Waals surface area contributed by atoms with Crippen LogP contribution in [0.25, 0.3) is 0 Å². The van der Waals surface area contributed by atoms with Gasteiger partial charge >= 0.3 is 23.9 Å². The monoisotopic (exact) mass is 413 g/mol. The molecule has 130 valence electrons. The summed E-state index contributed by atoms with van der Waals surface area (Å²) in [7, 11) is 0. The Hall–Kier alpha value is -1.60. The van der Waals surface area contributed by atoms with Gasteiger partial charge in [0, 0.05) is 4.47 Å². The van der Waals surface area contributed by atoms with E-state index >= 15 is 0 Å². The number of anilines is 2. The summed E-state index contributed by atoms with van der Waals surface area (Å²) in [6.07, 6.45) is -6.64. The van der Waals surface area contributed by atoms with E-state index in [1.54, 1.807) is 0 Å². The number of benzene rings is 1. The van der Waals surface area contributed by atoms with Crippen molar-refractivity contribution in [3.8, 4) is 0 Å². The average Bonchev–Trinajstić information content (AvgIpc) is 2.39. The Bertz CT molecular complexity index is 607. The Balaban J connectivity index is 3.08. The second-order valence-corrected chi connectivity index (χ2v) is 4.89. The van der Waals surface area contributed by atoms with Crippen molar-refractivity contribution in [3.63, 3.8) is 0 Å². The zero-order valence-electron chi connectivity index (χ0n) is 10.5. The van der Waals surface area contributed by atoms with E-state index in [1.165, 1.54) is 5.32 Å². The summed E-state index contributed by atoms with van der Waals surface area (Å²) in [4.78, 5) is 11.1. The first-order chi connectivity index (χ1) is 10.2. The number of carbonyl (C=O) groups excluding carboxylic acids is 1. The van der Waals surface area contributed by atoms with Crippen LogP contribution in [0.15, 0.2) is 22.7 Å². The van der Waals surface area contributed by atoms with Crippen LogP contribution >= 0.6 is 15.9 Å². The molecule has 5 nitrogen and oxygen atoms in total. The predicted octanol–water partition coefficient (Wildman–Crippen LogP) is 3.91. The van der Waals surface area contributed by atoms with Gasteiger partial charge < -0.3 is 15.8 Å². The number of carbonyl (C=O) groups is 1. The predicted molar refractivity (Wildman–Crippen MR) is 66.4 cm³/mol. The molecule has 0 bridgehead atoms.